The number of hydrogen-bond donors (Lipinski definition) is 0. The van der Waals surface area contributed by atoms with Crippen LogP contribution < -0.4 is 0 Å². The zero-order chi connectivity index (χ0) is 19.1. The van der Waals surface area contributed by atoms with Crippen molar-refractivity contribution in [1.82, 2.24) is 14.7 Å². The molecule has 6 heteroatoms. The van der Waals surface area contributed by atoms with Crippen LogP contribution in [0.15, 0.2) is 0 Å². The summed E-state index contributed by atoms with van der Waals surface area (Å²) in [5.41, 5.74) is 0. The van der Waals surface area contributed by atoms with E-state index in [2.05, 4.69) is 11.8 Å². The summed E-state index contributed by atoms with van der Waals surface area (Å²) in [6.07, 6.45) is 8.48. The third kappa shape index (κ3) is 5.92. The van der Waals surface area contributed by atoms with Crippen molar-refractivity contribution < 1.29 is 14.3 Å². The molecular weight excluding hydrogens is 342 g/mol. The van der Waals surface area contributed by atoms with Gasteiger partial charge in [-0.25, -0.2) is 0 Å². The third-order valence-corrected chi connectivity index (χ3v) is 6.57. The smallest absolute Gasteiger partial charge is 0.236 e. The topological polar surface area (TPSA) is 53.1 Å². The molecule has 2 aliphatic heterocycles. The minimum atomic E-state index is 0.195. The third-order valence-electron chi connectivity index (χ3n) is 6.57. The van der Waals surface area contributed by atoms with Gasteiger partial charge in [0, 0.05) is 45.2 Å². The standard InChI is InChI=1S/C21H37N3O3/c1-2-3-4-18-5-7-19(8-6-18)21(26)24-11-9-23(10-12-24)20(25)17-22-13-15-27-16-14-22/h18-19H,2-17H2,1H3. The van der Waals surface area contributed by atoms with Gasteiger partial charge in [0.05, 0.1) is 19.8 Å². The lowest BCUT2D eigenvalue weighted by molar-refractivity contribution is -0.143. The van der Waals surface area contributed by atoms with E-state index in [9.17, 15) is 9.59 Å². The summed E-state index contributed by atoms with van der Waals surface area (Å²) in [4.78, 5) is 31.5. The first-order valence-corrected chi connectivity index (χ1v) is 11.0. The van der Waals surface area contributed by atoms with Gasteiger partial charge >= 0.3 is 0 Å². The van der Waals surface area contributed by atoms with Crippen LogP contribution in [0.3, 0.4) is 0 Å². The summed E-state index contributed by atoms with van der Waals surface area (Å²) in [5.74, 6) is 1.59. The molecule has 0 spiro atoms. The van der Waals surface area contributed by atoms with E-state index in [4.69, 9.17) is 4.74 Å². The molecule has 3 fully saturated rings. The fraction of sp³-hybridized carbons (Fsp3) is 0.905. The van der Waals surface area contributed by atoms with Gasteiger partial charge in [-0.3, -0.25) is 14.5 Å². The van der Waals surface area contributed by atoms with Crippen molar-refractivity contribution in [3.05, 3.63) is 0 Å². The Morgan fingerprint density at radius 3 is 2.15 bits per heavy atom. The first kappa shape index (κ1) is 20.6. The fourth-order valence-electron chi connectivity index (χ4n) is 4.68. The van der Waals surface area contributed by atoms with Crippen LogP contribution in [0.1, 0.15) is 51.9 Å². The number of ether oxygens (including phenoxy) is 1. The largest absolute Gasteiger partial charge is 0.379 e. The van der Waals surface area contributed by atoms with Gasteiger partial charge in [0.1, 0.15) is 0 Å². The minimum absolute atomic E-state index is 0.195. The molecule has 0 aromatic carbocycles. The molecule has 1 aliphatic carbocycles. The van der Waals surface area contributed by atoms with E-state index in [1.807, 2.05) is 9.80 Å². The molecule has 1 saturated carbocycles. The second kappa shape index (κ2) is 10.4. The Kier molecular flexibility index (Phi) is 7.94. The van der Waals surface area contributed by atoms with Gasteiger partial charge in [-0.1, -0.05) is 26.2 Å². The number of piperazine rings is 1. The van der Waals surface area contributed by atoms with E-state index in [0.717, 1.165) is 45.1 Å². The molecule has 0 radical (unpaired) electrons. The molecular formula is C21H37N3O3. The van der Waals surface area contributed by atoms with Crippen molar-refractivity contribution in [1.29, 1.82) is 0 Å². The number of unbranched alkanes of at least 4 members (excludes halogenated alkanes) is 1. The molecule has 2 amide bonds. The average molecular weight is 380 g/mol. The van der Waals surface area contributed by atoms with Crippen LogP contribution in [-0.2, 0) is 14.3 Å². The predicted molar refractivity (Wildman–Crippen MR) is 105 cm³/mol. The number of rotatable bonds is 6. The van der Waals surface area contributed by atoms with Gasteiger partial charge in [0.2, 0.25) is 11.8 Å². The summed E-state index contributed by atoms with van der Waals surface area (Å²) in [6.45, 7) is 8.61. The lowest BCUT2D eigenvalue weighted by Gasteiger charge is -2.38. The fourth-order valence-corrected chi connectivity index (χ4v) is 4.68. The molecule has 0 N–H and O–H groups in total. The number of carbonyl (C=O) groups excluding carboxylic acids is 2. The number of hydrogen-bond acceptors (Lipinski definition) is 4. The van der Waals surface area contributed by atoms with Gasteiger partial charge in [0.25, 0.3) is 0 Å². The van der Waals surface area contributed by atoms with Crippen LogP contribution in [0.2, 0.25) is 0 Å². The molecule has 2 heterocycles. The van der Waals surface area contributed by atoms with Crippen molar-refractivity contribution in [2.24, 2.45) is 11.8 Å². The van der Waals surface area contributed by atoms with Gasteiger partial charge in [0.15, 0.2) is 0 Å². The molecule has 6 nitrogen and oxygen atoms in total. The van der Waals surface area contributed by atoms with E-state index < -0.39 is 0 Å². The van der Waals surface area contributed by atoms with Crippen LogP contribution in [0.5, 0.6) is 0 Å². The molecule has 0 aromatic rings. The van der Waals surface area contributed by atoms with E-state index in [0.29, 0.717) is 38.6 Å². The van der Waals surface area contributed by atoms with E-state index in [-0.39, 0.29) is 11.8 Å². The second-order valence-electron chi connectivity index (χ2n) is 8.45. The van der Waals surface area contributed by atoms with E-state index in [1.165, 1.54) is 32.1 Å². The lowest BCUT2D eigenvalue weighted by atomic mass is 9.79. The monoisotopic (exact) mass is 379 g/mol. The first-order chi connectivity index (χ1) is 13.2. The summed E-state index contributed by atoms with van der Waals surface area (Å²) in [6, 6.07) is 0. The van der Waals surface area contributed by atoms with E-state index >= 15 is 0 Å². The second-order valence-corrected chi connectivity index (χ2v) is 8.45. The molecule has 154 valence electrons. The zero-order valence-electron chi connectivity index (χ0n) is 17.0. The molecule has 3 rings (SSSR count). The average Bonchev–Trinajstić information content (AvgIpc) is 2.73. The van der Waals surface area contributed by atoms with E-state index in [1.54, 1.807) is 0 Å². The summed E-state index contributed by atoms with van der Waals surface area (Å²) >= 11 is 0. The zero-order valence-corrected chi connectivity index (χ0v) is 17.0. The van der Waals surface area contributed by atoms with Crippen molar-refractivity contribution in [2.45, 2.75) is 51.9 Å². The van der Waals surface area contributed by atoms with Gasteiger partial charge in [-0.15, -0.1) is 0 Å². The van der Waals surface area contributed by atoms with Crippen LogP contribution in [0, 0.1) is 11.8 Å². The summed E-state index contributed by atoms with van der Waals surface area (Å²) in [7, 11) is 0. The summed E-state index contributed by atoms with van der Waals surface area (Å²) < 4.78 is 5.34. The Hall–Kier alpha value is -1.14. The Labute approximate surface area is 164 Å². The molecule has 0 bridgehead atoms. The predicted octanol–water partition coefficient (Wildman–Crippen LogP) is 1.99. The lowest BCUT2D eigenvalue weighted by Crippen LogP contribution is -2.54. The number of nitrogens with zero attached hydrogens (tertiary/aromatic N) is 3. The Bertz CT molecular complexity index is 477. The van der Waals surface area contributed by atoms with Gasteiger partial charge < -0.3 is 14.5 Å². The number of morpholine rings is 1. The number of carbonyl (C=O) groups is 2. The van der Waals surface area contributed by atoms with Gasteiger partial charge in [-0.2, -0.15) is 0 Å². The summed E-state index contributed by atoms with van der Waals surface area (Å²) in [5, 5.41) is 0. The molecule has 0 atom stereocenters. The first-order valence-electron chi connectivity index (χ1n) is 11.0. The van der Waals surface area contributed by atoms with Crippen LogP contribution in [0.4, 0.5) is 0 Å². The SMILES string of the molecule is CCCCC1CCC(C(=O)N2CCN(C(=O)CN3CCOCC3)CC2)CC1. The van der Waals surface area contributed by atoms with Crippen LogP contribution >= 0.6 is 0 Å². The molecule has 0 unspecified atom stereocenters. The highest BCUT2D eigenvalue weighted by atomic mass is 16.5. The maximum atomic E-state index is 12.9. The van der Waals surface area contributed by atoms with Gasteiger partial charge in [-0.05, 0) is 31.6 Å². The molecule has 3 aliphatic rings. The number of amides is 2. The van der Waals surface area contributed by atoms with Crippen molar-refractivity contribution in [3.8, 4) is 0 Å². The highest BCUT2D eigenvalue weighted by Gasteiger charge is 2.32. The Morgan fingerprint density at radius 2 is 1.52 bits per heavy atom. The highest BCUT2D eigenvalue weighted by molar-refractivity contribution is 5.81. The Morgan fingerprint density at radius 1 is 0.889 bits per heavy atom. The molecule has 0 aromatic heterocycles. The van der Waals surface area contributed by atoms with Crippen molar-refractivity contribution in [2.75, 3.05) is 59.0 Å². The molecule has 2 saturated heterocycles. The van der Waals surface area contributed by atoms with Crippen LogP contribution in [-0.4, -0.2) is 85.5 Å². The quantitative estimate of drug-likeness (QED) is 0.708. The Balaban J connectivity index is 1.37. The minimum Gasteiger partial charge on any atom is -0.379 e. The van der Waals surface area contributed by atoms with Crippen LogP contribution in [0.25, 0.3) is 0 Å². The maximum absolute atomic E-state index is 12.9. The molecule has 27 heavy (non-hydrogen) atoms. The van der Waals surface area contributed by atoms with Crippen molar-refractivity contribution in [3.63, 3.8) is 0 Å². The highest BCUT2D eigenvalue weighted by Crippen LogP contribution is 2.33. The van der Waals surface area contributed by atoms with Crippen molar-refractivity contribution >= 4 is 11.8 Å². The maximum Gasteiger partial charge on any atom is 0.236 e. The normalized spacial score (nSPS) is 27.6.